The number of ether oxygens (including phenoxy) is 1. The zero-order valence-electron chi connectivity index (χ0n) is 9.51. The number of aliphatic carboxylic acids is 1. The second-order valence-corrected chi connectivity index (χ2v) is 4.93. The van der Waals surface area contributed by atoms with Crippen LogP contribution in [0.2, 0.25) is 0 Å². The fourth-order valence-electron chi connectivity index (χ4n) is 1.91. The first-order valence-electron chi connectivity index (χ1n) is 5.51. The summed E-state index contributed by atoms with van der Waals surface area (Å²) in [7, 11) is 0. The smallest absolute Gasteiger partial charge is 0.414 e. The highest BCUT2D eigenvalue weighted by Crippen LogP contribution is 2.27. The highest BCUT2D eigenvalue weighted by molar-refractivity contribution is 9.10. The summed E-state index contributed by atoms with van der Waals surface area (Å²) in [6.45, 7) is 0.235. The van der Waals surface area contributed by atoms with E-state index in [1.54, 1.807) is 12.1 Å². The van der Waals surface area contributed by atoms with Crippen LogP contribution in [0.4, 0.5) is 10.5 Å². The van der Waals surface area contributed by atoms with E-state index < -0.39 is 12.1 Å². The molecular formula is C12H12BrNO4. The van der Waals surface area contributed by atoms with Crippen molar-refractivity contribution in [1.29, 1.82) is 0 Å². The van der Waals surface area contributed by atoms with Crippen LogP contribution in [0, 0.1) is 0 Å². The van der Waals surface area contributed by atoms with E-state index in [0.29, 0.717) is 12.1 Å². The third-order valence-electron chi connectivity index (χ3n) is 2.74. The highest BCUT2D eigenvalue weighted by atomic mass is 79.9. The summed E-state index contributed by atoms with van der Waals surface area (Å²) in [4.78, 5) is 23.8. The van der Waals surface area contributed by atoms with Gasteiger partial charge >= 0.3 is 12.1 Å². The van der Waals surface area contributed by atoms with Crippen molar-refractivity contribution < 1.29 is 19.4 Å². The Kier molecular flexibility index (Phi) is 3.86. The molecule has 0 saturated carbocycles. The Labute approximate surface area is 112 Å². The van der Waals surface area contributed by atoms with Gasteiger partial charge < -0.3 is 9.84 Å². The molecule has 1 aromatic carbocycles. The van der Waals surface area contributed by atoms with Gasteiger partial charge in [-0.05, 0) is 24.6 Å². The van der Waals surface area contributed by atoms with Gasteiger partial charge in [-0.1, -0.05) is 22.0 Å². The lowest BCUT2D eigenvalue weighted by Crippen LogP contribution is -2.33. The molecule has 1 aromatic rings. The number of benzene rings is 1. The number of halogens is 1. The van der Waals surface area contributed by atoms with Gasteiger partial charge in [-0.2, -0.15) is 0 Å². The van der Waals surface area contributed by atoms with Gasteiger partial charge in [-0.25, -0.2) is 4.79 Å². The zero-order valence-corrected chi connectivity index (χ0v) is 11.1. The van der Waals surface area contributed by atoms with E-state index >= 15 is 0 Å². The predicted octanol–water partition coefficient (Wildman–Crippen LogP) is 2.64. The molecule has 18 heavy (non-hydrogen) atoms. The summed E-state index contributed by atoms with van der Waals surface area (Å²) < 4.78 is 5.84. The van der Waals surface area contributed by atoms with Crippen LogP contribution in [-0.2, 0) is 9.53 Å². The molecule has 1 aliphatic heterocycles. The number of carboxylic acid groups (broad SMARTS) is 1. The molecule has 1 amide bonds. The normalized spacial score (nSPS) is 18.8. The topological polar surface area (TPSA) is 66.8 Å². The van der Waals surface area contributed by atoms with Crippen LogP contribution in [0.25, 0.3) is 0 Å². The maximum atomic E-state index is 11.7. The number of nitrogens with zero attached hydrogens (tertiary/aromatic N) is 1. The molecule has 0 radical (unpaired) electrons. The quantitative estimate of drug-likeness (QED) is 0.928. The lowest BCUT2D eigenvalue weighted by atomic mass is 10.1. The molecule has 0 aliphatic carbocycles. The molecule has 1 fully saturated rings. The minimum absolute atomic E-state index is 0.0197. The Morgan fingerprint density at radius 3 is 3.00 bits per heavy atom. The van der Waals surface area contributed by atoms with Crippen molar-refractivity contribution in [2.45, 2.75) is 18.9 Å². The number of hydrogen-bond donors (Lipinski definition) is 1. The fraction of sp³-hybridized carbons (Fsp3) is 0.333. The Balaban J connectivity index is 2.17. The number of rotatable bonds is 4. The van der Waals surface area contributed by atoms with Gasteiger partial charge in [-0.15, -0.1) is 0 Å². The molecule has 0 bridgehead atoms. The lowest BCUT2D eigenvalue weighted by molar-refractivity contribution is -0.137. The average Bonchev–Trinajstić information content (AvgIpc) is 2.68. The predicted molar refractivity (Wildman–Crippen MR) is 68.6 cm³/mol. The molecule has 1 saturated heterocycles. The number of anilines is 1. The van der Waals surface area contributed by atoms with Crippen LogP contribution < -0.4 is 4.90 Å². The molecular weight excluding hydrogens is 302 g/mol. The summed E-state index contributed by atoms with van der Waals surface area (Å²) in [5, 5.41) is 8.69. The van der Waals surface area contributed by atoms with Gasteiger partial charge in [0.25, 0.3) is 0 Å². The van der Waals surface area contributed by atoms with Crippen molar-refractivity contribution in [3.8, 4) is 0 Å². The molecule has 5 nitrogen and oxygen atoms in total. The van der Waals surface area contributed by atoms with Crippen LogP contribution >= 0.6 is 15.9 Å². The molecule has 0 spiro atoms. The van der Waals surface area contributed by atoms with Gasteiger partial charge in [-0.3, -0.25) is 9.69 Å². The Bertz CT molecular complexity index is 477. The molecule has 1 aliphatic rings. The maximum Gasteiger partial charge on any atom is 0.414 e. The summed E-state index contributed by atoms with van der Waals surface area (Å²) in [6, 6.07) is 7.06. The molecule has 1 unspecified atom stereocenters. The second kappa shape index (κ2) is 5.39. The Morgan fingerprint density at radius 2 is 2.33 bits per heavy atom. The molecule has 2 rings (SSSR count). The summed E-state index contributed by atoms with van der Waals surface area (Å²) in [5.74, 6) is -0.872. The van der Waals surface area contributed by atoms with E-state index in [1.807, 2.05) is 12.1 Å². The largest absolute Gasteiger partial charge is 0.481 e. The van der Waals surface area contributed by atoms with Gasteiger partial charge in [0.2, 0.25) is 0 Å². The molecule has 1 N–H and O–H groups in total. The van der Waals surface area contributed by atoms with E-state index in [9.17, 15) is 9.59 Å². The van der Waals surface area contributed by atoms with Crippen molar-refractivity contribution in [2.75, 3.05) is 11.5 Å². The van der Waals surface area contributed by atoms with Crippen molar-refractivity contribution in [3.63, 3.8) is 0 Å². The first-order valence-corrected chi connectivity index (χ1v) is 6.30. The van der Waals surface area contributed by atoms with Crippen LogP contribution in [0.3, 0.4) is 0 Å². The molecule has 1 heterocycles. The number of amides is 1. The summed E-state index contributed by atoms with van der Waals surface area (Å²) in [6.07, 6.45) is -0.0251. The van der Waals surface area contributed by atoms with E-state index in [4.69, 9.17) is 9.84 Å². The average molecular weight is 314 g/mol. The monoisotopic (exact) mass is 313 g/mol. The fourth-order valence-corrected chi connectivity index (χ4v) is 2.29. The van der Waals surface area contributed by atoms with Crippen molar-refractivity contribution >= 4 is 33.7 Å². The molecule has 6 heteroatoms. The molecule has 0 aromatic heterocycles. The molecule has 1 atom stereocenters. The maximum absolute atomic E-state index is 11.7. The van der Waals surface area contributed by atoms with Crippen molar-refractivity contribution in [2.24, 2.45) is 0 Å². The minimum atomic E-state index is -0.872. The SMILES string of the molecule is O=C(O)CCC1COC(=O)N1c1cccc(Br)c1. The van der Waals surface area contributed by atoms with Crippen LogP contribution in [-0.4, -0.2) is 29.8 Å². The number of hydrogen-bond acceptors (Lipinski definition) is 3. The van der Waals surface area contributed by atoms with Crippen molar-refractivity contribution in [1.82, 2.24) is 0 Å². The third kappa shape index (κ3) is 2.81. The van der Waals surface area contributed by atoms with E-state index in [2.05, 4.69) is 15.9 Å². The lowest BCUT2D eigenvalue weighted by Gasteiger charge is -2.21. The Morgan fingerprint density at radius 1 is 1.56 bits per heavy atom. The van der Waals surface area contributed by atoms with Crippen molar-refractivity contribution in [3.05, 3.63) is 28.7 Å². The van der Waals surface area contributed by atoms with E-state index in [1.165, 1.54) is 4.90 Å². The van der Waals surface area contributed by atoms with Crippen LogP contribution in [0.1, 0.15) is 12.8 Å². The summed E-state index contributed by atoms with van der Waals surface area (Å²) in [5.41, 5.74) is 0.710. The van der Waals surface area contributed by atoms with E-state index in [0.717, 1.165) is 4.47 Å². The Hall–Kier alpha value is -1.56. The summed E-state index contributed by atoms with van der Waals surface area (Å²) >= 11 is 3.34. The zero-order chi connectivity index (χ0) is 13.1. The minimum Gasteiger partial charge on any atom is -0.481 e. The number of carbonyl (C=O) groups is 2. The first kappa shape index (κ1) is 12.9. The van der Waals surface area contributed by atoms with Gasteiger partial charge in [0.1, 0.15) is 6.61 Å². The van der Waals surface area contributed by atoms with Crippen LogP contribution in [0.15, 0.2) is 28.7 Å². The highest BCUT2D eigenvalue weighted by Gasteiger charge is 2.34. The number of carbonyl (C=O) groups excluding carboxylic acids is 1. The van der Waals surface area contributed by atoms with Crippen LogP contribution in [0.5, 0.6) is 0 Å². The number of cyclic esters (lactones) is 1. The number of carboxylic acids is 1. The standard InChI is InChI=1S/C12H12BrNO4/c13-8-2-1-3-9(6-8)14-10(4-5-11(15)16)7-18-12(14)17/h1-3,6,10H,4-5,7H2,(H,15,16). The van der Waals surface area contributed by atoms with Gasteiger partial charge in [0, 0.05) is 16.6 Å². The molecule has 96 valence electrons. The van der Waals surface area contributed by atoms with Gasteiger partial charge in [0.05, 0.1) is 6.04 Å². The van der Waals surface area contributed by atoms with E-state index in [-0.39, 0.29) is 19.1 Å². The third-order valence-corrected chi connectivity index (χ3v) is 3.23. The van der Waals surface area contributed by atoms with Gasteiger partial charge in [0.15, 0.2) is 0 Å². The second-order valence-electron chi connectivity index (χ2n) is 4.01. The first-order chi connectivity index (χ1) is 8.58.